The van der Waals surface area contributed by atoms with Gasteiger partial charge in [0.15, 0.2) is 0 Å². The highest BCUT2D eigenvalue weighted by Crippen LogP contribution is 2.22. The zero-order valence-corrected chi connectivity index (χ0v) is 16.5. The second kappa shape index (κ2) is 9.03. The van der Waals surface area contributed by atoms with Gasteiger partial charge >= 0.3 is 6.03 Å². The molecule has 0 aromatic heterocycles. The molecule has 2 aromatic rings. The number of nitrogens with one attached hydrogen (secondary N) is 4. The van der Waals surface area contributed by atoms with Gasteiger partial charge in [-0.25, -0.2) is 4.79 Å². The molecule has 148 valence electrons. The van der Waals surface area contributed by atoms with Crippen molar-refractivity contribution in [3.05, 3.63) is 65.7 Å². The van der Waals surface area contributed by atoms with Crippen LogP contribution in [-0.4, -0.2) is 23.9 Å². The van der Waals surface area contributed by atoms with Crippen LogP contribution in [-0.2, 0) is 10.2 Å². The van der Waals surface area contributed by atoms with Crippen molar-refractivity contribution in [2.24, 2.45) is 0 Å². The highest BCUT2D eigenvalue weighted by molar-refractivity contribution is 5.97. The van der Waals surface area contributed by atoms with Gasteiger partial charge < -0.3 is 10.6 Å². The second-order valence-corrected chi connectivity index (χ2v) is 7.46. The lowest BCUT2D eigenvalue weighted by molar-refractivity contribution is -0.123. The largest absolute Gasteiger partial charge is 0.326 e. The number of benzene rings is 2. The third kappa shape index (κ3) is 6.12. The molecule has 0 aliphatic rings. The van der Waals surface area contributed by atoms with Gasteiger partial charge in [-0.2, -0.15) is 0 Å². The van der Waals surface area contributed by atoms with Crippen molar-refractivity contribution in [2.75, 3.05) is 5.32 Å². The smallest absolute Gasteiger partial charge is 0.319 e. The van der Waals surface area contributed by atoms with Gasteiger partial charge in [0.1, 0.15) is 6.04 Å². The minimum atomic E-state index is -0.840. The maximum absolute atomic E-state index is 12.2. The third-order valence-corrected chi connectivity index (χ3v) is 4.08. The Labute approximate surface area is 164 Å². The number of anilines is 1. The van der Waals surface area contributed by atoms with Crippen LogP contribution in [0.1, 0.15) is 43.6 Å². The number of para-hydroxylation sites is 1. The van der Waals surface area contributed by atoms with Crippen LogP contribution < -0.4 is 21.5 Å². The van der Waals surface area contributed by atoms with Gasteiger partial charge in [0.25, 0.3) is 11.8 Å². The molecular formula is C21H26N4O3. The Balaban J connectivity index is 1.82. The number of urea groups is 1. The van der Waals surface area contributed by atoms with Crippen LogP contribution in [0.3, 0.4) is 0 Å². The fourth-order valence-electron chi connectivity index (χ4n) is 2.37. The zero-order valence-electron chi connectivity index (χ0n) is 16.5. The monoisotopic (exact) mass is 382 g/mol. The van der Waals surface area contributed by atoms with Crippen molar-refractivity contribution in [3.8, 4) is 0 Å². The second-order valence-electron chi connectivity index (χ2n) is 7.46. The van der Waals surface area contributed by atoms with Crippen LogP contribution in [0.5, 0.6) is 0 Å². The molecule has 2 aromatic carbocycles. The minimum Gasteiger partial charge on any atom is -0.326 e. The summed E-state index contributed by atoms with van der Waals surface area (Å²) in [4.78, 5) is 36.2. The number of hydrazine groups is 1. The van der Waals surface area contributed by atoms with E-state index in [4.69, 9.17) is 0 Å². The standard InChI is InChI=1S/C21H26N4O3/c1-14(22-20(28)23-17-8-6-5-7-9-17)18(26)24-25-19(27)15-10-12-16(13-11-15)21(2,3)4/h5-14H,1-4H3,(H,24,26)(H,25,27)(H2,22,23,28)/t14-/m0/s1. The summed E-state index contributed by atoms with van der Waals surface area (Å²) >= 11 is 0. The number of hydrogen-bond acceptors (Lipinski definition) is 3. The fourth-order valence-corrected chi connectivity index (χ4v) is 2.37. The number of hydrogen-bond donors (Lipinski definition) is 4. The molecule has 0 aliphatic carbocycles. The fraction of sp³-hybridized carbons (Fsp3) is 0.286. The Hall–Kier alpha value is -3.35. The summed E-state index contributed by atoms with van der Waals surface area (Å²) in [6.07, 6.45) is 0. The lowest BCUT2D eigenvalue weighted by atomic mass is 9.87. The lowest BCUT2D eigenvalue weighted by Crippen LogP contribution is -2.51. The maximum Gasteiger partial charge on any atom is 0.319 e. The average Bonchev–Trinajstić information content (AvgIpc) is 2.65. The Kier molecular flexibility index (Phi) is 6.76. The van der Waals surface area contributed by atoms with Crippen molar-refractivity contribution in [1.29, 1.82) is 0 Å². The quantitative estimate of drug-likeness (QED) is 0.612. The molecule has 0 radical (unpaired) electrons. The first-order valence-corrected chi connectivity index (χ1v) is 9.00. The summed E-state index contributed by atoms with van der Waals surface area (Å²) in [6, 6.07) is 14.7. The molecule has 4 amide bonds. The summed E-state index contributed by atoms with van der Waals surface area (Å²) in [5.41, 5.74) is 6.80. The highest BCUT2D eigenvalue weighted by Gasteiger charge is 2.17. The number of carbonyl (C=O) groups is 3. The molecule has 4 N–H and O–H groups in total. The van der Waals surface area contributed by atoms with Crippen LogP contribution in [0.25, 0.3) is 0 Å². The predicted molar refractivity (Wildman–Crippen MR) is 109 cm³/mol. The number of rotatable bonds is 4. The molecule has 2 rings (SSSR count). The Morgan fingerprint density at radius 3 is 2.04 bits per heavy atom. The van der Waals surface area contributed by atoms with E-state index in [0.29, 0.717) is 11.3 Å². The summed E-state index contributed by atoms with van der Waals surface area (Å²) in [6.45, 7) is 7.78. The molecule has 0 unspecified atom stereocenters. The molecule has 0 saturated heterocycles. The molecule has 1 atom stereocenters. The number of amides is 4. The van der Waals surface area contributed by atoms with Gasteiger partial charge in [-0.3, -0.25) is 20.4 Å². The molecule has 0 spiro atoms. The van der Waals surface area contributed by atoms with Gasteiger partial charge in [-0.1, -0.05) is 51.1 Å². The van der Waals surface area contributed by atoms with E-state index in [0.717, 1.165) is 5.56 Å². The van der Waals surface area contributed by atoms with Crippen molar-refractivity contribution in [2.45, 2.75) is 39.2 Å². The highest BCUT2D eigenvalue weighted by atomic mass is 16.2. The van der Waals surface area contributed by atoms with Crippen LogP contribution in [0, 0.1) is 0 Å². The SMILES string of the molecule is C[C@H](NC(=O)Nc1ccccc1)C(=O)NNC(=O)c1ccc(C(C)(C)C)cc1. The van der Waals surface area contributed by atoms with Gasteiger partial charge in [0, 0.05) is 11.3 Å². The van der Waals surface area contributed by atoms with Crippen molar-refractivity contribution in [3.63, 3.8) is 0 Å². The predicted octanol–water partition coefficient (Wildman–Crippen LogP) is 2.96. The maximum atomic E-state index is 12.2. The van der Waals surface area contributed by atoms with Crippen LogP contribution in [0.2, 0.25) is 0 Å². The average molecular weight is 382 g/mol. The van der Waals surface area contributed by atoms with E-state index >= 15 is 0 Å². The van der Waals surface area contributed by atoms with Crippen molar-refractivity contribution in [1.82, 2.24) is 16.2 Å². The van der Waals surface area contributed by atoms with Crippen LogP contribution >= 0.6 is 0 Å². The molecule has 0 heterocycles. The first-order chi connectivity index (χ1) is 13.2. The van der Waals surface area contributed by atoms with E-state index < -0.39 is 23.9 Å². The molecule has 7 heteroatoms. The van der Waals surface area contributed by atoms with Crippen molar-refractivity contribution < 1.29 is 14.4 Å². The normalized spacial score (nSPS) is 11.9. The Morgan fingerprint density at radius 2 is 1.46 bits per heavy atom. The summed E-state index contributed by atoms with van der Waals surface area (Å²) in [5, 5.41) is 5.12. The van der Waals surface area contributed by atoms with Crippen molar-refractivity contribution >= 4 is 23.5 Å². The summed E-state index contributed by atoms with van der Waals surface area (Å²) in [5.74, 6) is -0.974. The van der Waals surface area contributed by atoms with Gasteiger partial charge in [-0.15, -0.1) is 0 Å². The van der Waals surface area contributed by atoms with E-state index in [1.807, 2.05) is 18.2 Å². The van der Waals surface area contributed by atoms with Crippen LogP contribution in [0.4, 0.5) is 10.5 Å². The van der Waals surface area contributed by atoms with E-state index in [-0.39, 0.29) is 5.41 Å². The topological polar surface area (TPSA) is 99.3 Å². The van der Waals surface area contributed by atoms with Gasteiger partial charge in [-0.05, 0) is 42.2 Å². The summed E-state index contributed by atoms with van der Waals surface area (Å²) < 4.78 is 0. The Morgan fingerprint density at radius 1 is 0.857 bits per heavy atom. The van der Waals surface area contributed by atoms with Gasteiger partial charge in [0.2, 0.25) is 0 Å². The molecule has 0 aliphatic heterocycles. The van der Waals surface area contributed by atoms with E-state index in [1.165, 1.54) is 6.92 Å². The summed E-state index contributed by atoms with van der Waals surface area (Å²) in [7, 11) is 0. The Bertz CT molecular complexity index is 827. The molecule has 0 fully saturated rings. The minimum absolute atomic E-state index is 0.00928. The first kappa shape index (κ1) is 21.0. The van der Waals surface area contributed by atoms with E-state index in [2.05, 4.69) is 42.3 Å². The molecular weight excluding hydrogens is 356 g/mol. The van der Waals surface area contributed by atoms with E-state index in [9.17, 15) is 14.4 Å². The number of carbonyl (C=O) groups excluding carboxylic acids is 3. The third-order valence-electron chi connectivity index (χ3n) is 4.08. The molecule has 0 saturated carbocycles. The molecule has 0 bridgehead atoms. The molecule has 7 nitrogen and oxygen atoms in total. The van der Waals surface area contributed by atoms with E-state index in [1.54, 1.807) is 36.4 Å². The molecule has 28 heavy (non-hydrogen) atoms. The van der Waals surface area contributed by atoms with Gasteiger partial charge in [0.05, 0.1) is 0 Å². The zero-order chi connectivity index (χ0) is 20.7. The first-order valence-electron chi connectivity index (χ1n) is 9.00. The van der Waals surface area contributed by atoms with Crippen LogP contribution in [0.15, 0.2) is 54.6 Å². The lowest BCUT2D eigenvalue weighted by Gasteiger charge is -2.19.